The van der Waals surface area contributed by atoms with Gasteiger partial charge in [0.25, 0.3) is 0 Å². The van der Waals surface area contributed by atoms with Gasteiger partial charge in [0.15, 0.2) is 0 Å². The van der Waals surface area contributed by atoms with E-state index in [1.807, 2.05) is 12.1 Å². The van der Waals surface area contributed by atoms with E-state index in [-0.39, 0.29) is 6.61 Å². The first-order valence-electron chi connectivity index (χ1n) is 7.04. The molecule has 5 heteroatoms. The minimum absolute atomic E-state index is 0.0835. The molecule has 1 aromatic carbocycles. The Morgan fingerprint density at radius 2 is 2.15 bits per heavy atom. The summed E-state index contributed by atoms with van der Waals surface area (Å²) in [6.45, 7) is 5.67. The summed E-state index contributed by atoms with van der Waals surface area (Å²) in [5.74, 6) is 0. The SMILES string of the molecule is CCCN1CCOC(CCO)(c2ccc(Cl)c(Cl)c2)C1. The molecule has 3 nitrogen and oxygen atoms in total. The summed E-state index contributed by atoms with van der Waals surface area (Å²) in [5.41, 5.74) is 0.498. The van der Waals surface area contributed by atoms with E-state index in [4.69, 9.17) is 27.9 Å². The van der Waals surface area contributed by atoms with Crippen molar-refractivity contribution in [1.82, 2.24) is 4.90 Å². The van der Waals surface area contributed by atoms with Crippen LogP contribution in [0.1, 0.15) is 25.3 Å². The first-order chi connectivity index (χ1) is 9.61. The molecule has 0 spiro atoms. The molecule has 0 radical (unpaired) electrons. The average molecular weight is 318 g/mol. The van der Waals surface area contributed by atoms with Crippen molar-refractivity contribution < 1.29 is 9.84 Å². The molecular formula is C15H21Cl2NO2. The summed E-state index contributed by atoms with van der Waals surface area (Å²) in [7, 11) is 0. The molecule has 1 heterocycles. The predicted octanol–water partition coefficient (Wildman–Crippen LogP) is 3.31. The molecule has 0 aromatic heterocycles. The Labute approximate surface area is 130 Å². The zero-order valence-electron chi connectivity index (χ0n) is 11.7. The fraction of sp³-hybridized carbons (Fsp3) is 0.600. The second kappa shape index (κ2) is 7.10. The number of hydrogen-bond donors (Lipinski definition) is 1. The highest BCUT2D eigenvalue weighted by atomic mass is 35.5. The van der Waals surface area contributed by atoms with Crippen LogP contribution in [0.25, 0.3) is 0 Å². The summed E-state index contributed by atoms with van der Waals surface area (Å²) in [4.78, 5) is 2.38. The minimum atomic E-state index is -0.490. The molecule has 1 saturated heterocycles. The van der Waals surface area contributed by atoms with Crippen LogP contribution in [-0.2, 0) is 10.3 Å². The summed E-state index contributed by atoms with van der Waals surface area (Å²) < 4.78 is 6.06. The first-order valence-corrected chi connectivity index (χ1v) is 7.79. The van der Waals surface area contributed by atoms with Gasteiger partial charge in [-0.15, -0.1) is 0 Å². The molecule has 1 fully saturated rings. The summed E-state index contributed by atoms with van der Waals surface area (Å²) >= 11 is 12.1. The maximum absolute atomic E-state index is 9.43. The monoisotopic (exact) mass is 317 g/mol. The molecule has 1 N–H and O–H groups in total. The van der Waals surface area contributed by atoms with Crippen molar-refractivity contribution >= 4 is 23.2 Å². The third-order valence-corrected chi connectivity index (χ3v) is 4.51. The highest BCUT2D eigenvalue weighted by Crippen LogP contribution is 2.36. The first kappa shape index (κ1) is 16.1. The van der Waals surface area contributed by atoms with E-state index in [0.717, 1.165) is 31.6 Å². The van der Waals surface area contributed by atoms with Gasteiger partial charge in [-0.25, -0.2) is 0 Å². The highest BCUT2D eigenvalue weighted by molar-refractivity contribution is 6.42. The molecule has 0 amide bonds. The van der Waals surface area contributed by atoms with Gasteiger partial charge < -0.3 is 9.84 Å². The van der Waals surface area contributed by atoms with Gasteiger partial charge in [0.05, 0.1) is 16.7 Å². The zero-order chi connectivity index (χ0) is 14.6. The average Bonchev–Trinajstić information content (AvgIpc) is 2.43. The molecule has 2 rings (SSSR count). The molecule has 0 aliphatic carbocycles. The number of aliphatic hydroxyl groups is 1. The quantitative estimate of drug-likeness (QED) is 0.904. The standard InChI is InChI=1S/C15H21Cl2NO2/c1-2-6-18-7-9-20-15(11-18,5-8-19)12-3-4-13(16)14(17)10-12/h3-4,10,19H,2,5-9,11H2,1H3. The van der Waals surface area contributed by atoms with Crippen LogP contribution in [0.15, 0.2) is 18.2 Å². The summed E-state index contributed by atoms with van der Waals surface area (Å²) in [6.07, 6.45) is 1.67. The van der Waals surface area contributed by atoms with Crippen LogP contribution in [-0.4, -0.2) is 42.9 Å². The minimum Gasteiger partial charge on any atom is -0.396 e. The topological polar surface area (TPSA) is 32.7 Å². The molecule has 20 heavy (non-hydrogen) atoms. The maximum Gasteiger partial charge on any atom is 0.108 e. The van der Waals surface area contributed by atoms with Gasteiger partial charge in [0.2, 0.25) is 0 Å². The second-order valence-corrected chi connectivity index (χ2v) is 6.04. The van der Waals surface area contributed by atoms with Gasteiger partial charge in [0, 0.05) is 26.1 Å². The van der Waals surface area contributed by atoms with Gasteiger partial charge in [-0.2, -0.15) is 0 Å². The van der Waals surface area contributed by atoms with Crippen LogP contribution in [0.2, 0.25) is 10.0 Å². The van der Waals surface area contributed by atoms with E-state index < -0.39 is 5.60 Å². The molecule has 112 valence electrons. The zero-order valence-corrected chi connectivity index (χ0v) is 13.3. The second-order valence-electron chi connectivity index (χ2n) is 5.22. The third-order valence-electron chi connectivity index (χ3n) is 3.77. The van der Waals surface area contributed by atoms with Crippen LogP contribution in [0.5, 0.6) is 0 Å². The summed E-state index contributed by atoms with van der Waals surface area (Å²) in [5, 5.41) is 10.5. The Morgan fingerprint density at radius 3 is 2.80 bits per heavy atom. The number of hydrogen-bond acceptors (Lipinski definition) is 3. The molecule has 1 aliphatic heterocycles. The van der Waals surface area contributed by atoms with Crippen molar-refractivity contribution in [2.45, 2.75) is 25.4 Å². The van der Waals surface area contributed by atoms with Gasteiger partial charge in [0.1, 0.15) is 5.60 Å². The Hall–Kier alpha value is -0.320. The Kier molecular flexibility index (Phi) is 5.70. The lowest BCUT2D eigenvalue weighted by molar-refractivity contribution is -0.124. The lowest BCUT2D eigenvalue weighted by atomic mass is 9.88. The van der Waals surface area contributed by atoms with E-state index in [1.165, 1.54) is 0 Å². The molecule has 1 aliphatic rings. The number of nitrogens with zero attached hydrogens (tertiary/aromatic N) is 1. The number of ether oxygens (including phenoxy) is 1. The molecule has 1 atom stereocenters. The number of halogens is 2. The van der Waals surface area contributed by atoms with E-state index in [1.54, 1.807) is 6.07 Å². The lowest BCUT2D eigenvalue weighted by Gasteiger charge is -2.43. The normalized spacial score (nSPS) is 24.0. The molecule has 1 unspecified atom stereocenters. The van der Waals surface area contributed by atoms with Crippen molar-refractivity contribution in [2.75, 3.05) is 32.8 Å². The van der Waals surface area contributed by atoms with E-state index in [0.29, 0.717) is 23.1 Å². The van der Waals surface area contributed by atoms with E-state index >= 15 is 0 Å². The number of aliphatic hydroxyl groups excluding tert-OH is 1. The number of rotatable bonds is 5. The number of morpholine rings is 1. The lowest BCUT2D eigenvalue weighted by Crippen LogP contribution is -2.50. The van der Waals surface area contributed by atoms with Crippen molar-refractivity contribution in [2.24, 2.45) is 0 Å². The van der Waals surface area contributed by atoms with Crippen molar-refractivity contribution in [3.8, 4) is 0 Å². The molecule has 1 aromatic rings. The Bertz CT molecular complexity index is 449. The Balaban J connectivity index is 2.30. The van der Waals surface area contributed by atoms with Gasteiger partial charge in [-0.1, -0.05) is 36.2 Å². The molecule has 0 saturated carbocycles. The van der Waals surface area contributed by atoms with Crippen LogP contribution in [0.4, 0.5) is 0 Å². The Morgan fingerprint density at radius 1 is 1.35 bits per heavy atom. The smallest absolute Gasteiger partial charge is 0.108 e. The fourth-order valence-electron chi connectivity index (χ4n) is 2.79. The van der Waals surface area contributed by atoms with Crippen LogP contribution >= 0.6 is 23.2 Å². The van der Waals surface area contributed by atoms with Crippen LogP contribution < -0.4 is 0 Å². The third kappa shape index (κ3) is 3.46. The predicted molar refractivity (Wildman–Crippen MR) is 82.5 cm³/mol. The maximum atomic E-state index is 9.43. The fourth-order valence-corrected chi connectivity index (χ4v) is 3.09. The van der Waals surface area contributed by atoms with Gasteiger partial charge in [-0.05, 0) is 30.7 Å². The van der Waals surface area contributed by atoms with Crippen molar-refractivity contribution in [3.63, 3.8) is 0 Å². The van der Waals surface area contributed by atoms with Gasteiger partial charge in [-0.3, -0.25) is 4.90 Å². The molecular weight excluding hydrogens is 297 g/mol. The number of benzene rings is 1. The highest BCUT2D eigenvalue weighted by Gasteiger charge is 2.38. The van der Waals surface area contributed by atoms with Gasteiger partial charge >= 0.3 is 0 Å². The van der Waals surface area contributed by atoms with Crippen molar-refractivity contribution in [1.29, 1.82) is 0 Å². The van der Waals surface area contributed by atoms with E-state index in [2.05, 4.69) is 11.8 Å². The van der Waals surface area contributed by atoms with Crippen LogP contribution in [0.3, 0.4) is 0 Å². The summed E-state index contributed by atoms with van der Waals surface area (Å²) in [6, 6.07) is 5.59. The van der Waals surface area contributed by atoms with Crippen molar-refractivity contribution in [3.05, 3.63) is 33.8 Å². The van der Waals surface area contributed by atoms with Crippen LogP contribution in [0, 0.1) is 0 Å². The molecule has 0 bridgehead atoms. The van der Waals surface area contributed by atoms with E-state index in [9.17, 15) is 5.11 Å². The largest absolute Gasteiger partial charge is 0.396 e.